The second kappa shape index (κ2) is 5.07. The van der Waals surface area contributed by atoms with Gasteiger partial charge in [0.1, 0.15) is 0 Å². The molecule has 1 aromatic rings. The highest BCUT2D eigenvalue weighted by atomic mass is 35.5. The zero-order valence-corrected chi connectivity index (χ0v) is 10.7. The first-order valence-corrected chi connectivity index (χ1v) is 6.21. The molecule has 0 radical (unpaired) electrons. The van der Waals surface area contributed by atoms with Gasteiger partial charge in [-0.25, -0.2) is 0 Å². The van der Waals surface area contributed by atoms with Crippen LogP contribution in [0.3, 0.4) is 0 Å². The molecule has 1 heterocycles. The van der Waals surface area contributed by atoms with Crippen LogP contribution in [0.15, 0.2) is 24.3 Å². The van der Waals surface area contributed by atoms with E-state index in [1.807, 2.05) is 31.3 Å². The van der Waals surface area contributed by atoms with Crippen molar-refractivity contribution in [1.82, 2.24) is 10.6 Å². The molecule has 0 bridgehead atoms. The summed E-state index contributed by atoms with van der Waals surface area (Å²) in [6.07, 6.45) is 1.50. The molecule has 17 heavy (non-hydrogen) atoms. The van der Waals surface area contributed by atoms with E-state index in [1.54, 1.807) is 0 Å². The summed E-state index contributed by atoms with van der Waals surface area (Å²) >= 11 is 5.91. The van der Waals surface area contributed by atoms with Crippen molar-refractivity contribution in [3.8, 4) is 0 Å². The third-order valence-electron chi connectivity index (χ3n) is 3.40. The topological polar surface area (TPSA) is 41.1 Å². The van der Waals surface area contributed by atoms with E-state index in [2.05, 4.69) is 10.6 Å². The molecule has 0 spiro atoms. The molecule has 1 aromatic carbocycles. The number of piperidine rings is 1. The van der Waals surface area contributed by atoms with E-state index in [-0.39, 0.29) is 11.3 Å². The zero-order chi connectivity index (χ0) is 12.3. The minimum Gasteiger partial charge on any atom is -0.356 e. The van der Waals surface area contributed by atoms with Crippen LogP contribution in [0.4, 0.5) is 0 Å². The van der Waals surface area contributed by atoms with Crippen molar-refractivity contribution in [2.24, 2.45) is 0 Å². The lowest BCUT2D eigenvalue weighted by Crippen LogP contribution is -2.48. The van der Waals surface area contributed by atoms with Crippen LogP contribution in [0.5, 0.6) is 0 Å². The van der Waals surface area contributed by atoms with E-state index in [0.29, 0.717) is 6.42 Å². The average Bonchev–Trinajstić information content (AvgIpc) is 2.30. The van der Waals surface area contributed by atoms with Crippen LogP contribution < -0.4 is 10.6 Å². The van der Waals surface area contributed by atoms with E-state index in [4.69, 9.17) is 11.6 Å². The summed E-state index contributed by atoms with van der Waals surface area (Å²) in [5.74, 6) is 0.126. The number of nitrogens with one attached hydrogen (secondary N) is 2. The van der Waals surface area contributed by atoms with Gasteiger partial charge in [-0.3, -0.25) is 4.79 Å². The molecule has 0 aliphatic carbocycles. The first-order chi connectivity index (χ1) is 8.16. The van der Waals surface area contributed by atoms with Gasteiger partial charge >= 0.3 is 0 Å². The van der Waals surface area contributed by atoms with Gasteiger partial charge < -0.3 is 10.6 Å². The molecule has 0 aromatic heterocycles. The normalized spacial score (nSPS) is 24.5. The molecule has 2 N–H and O–H groups in total. The molecular weight excluding hydrogens is 236 g/mol. The van der Waals surface area contributed by atoms with Crippen molar-refractivity contribution in [3.05, 3.63) is 34.9 Å². The lowest BCUT2D eigenvalue weighted by Gasteiger charge is -2.37. The van der Waals surface area contributed by atoms with Crippen LogP contribution in [-0.4, -0.2) is 26.0 Å². The Bertz CT molecular complexity index is 400. The maximum absolute atomic E-state index is 11.6. The Labute approximate surface area is 107 Å². The highest BCUT2D eigenvalue weighted by Crippen LogP contribution is 2.33. The number of benzene rings is 1. The third kappa shape index (κ3) is 2.61. The Balaban J connectivity index is 2.32. The molecule has 2 rings (SSSR count). The lowest BCUT2D eigenvalue weighted by molar-refractivity contribution is -0.124. The zero-order valence-electron chi connectivity index (χ0n) is 9.92. The van der Waals surface area contributed by atoms with Gasteiger partial charge in [0.25, 0.3) is 0 Å². The van der Waals surface area contributed by atoms with Crippen LogP contribution in [0.2, 0.25) is 5.02 Å². The van der Waals surface area contributed by atoms with E-state index in [0.717, 1.165) is 24.5 Å². The SMILES string of the molecule is CNCC1(c2ccc(Cl)cc2)CCNC(=O)C1. The van der Waals surface area contributed by atoms with Crippen molar-refractivity contribution in [2.45, 2.75) is 18.3 Å². The second-order valence-corrected chi connectivity index (χ2v) is 5.03. The predicted molar refractivity (Wildman–Crippen MR) is 69.3 cm³/mol. The van der Waals surface area contributed by atoms with Gasteiger partial charge in [0.15, 0.2) is 0 Å². The fourth-order valence-corrected chi connectivity index (χ4v) is 2.67. The number of amides is 1. The number of likely N-dealkylation sites (N-methyl/N-ethyl adjacent to an activating group) is 1. The molecule has 3 nitrogen and oxygen atoms in total. The van der Waals surface area contributed by atoms with E-state index >= 15 is 0 Å². The van der Waals surface area contributed by atoms with Gasteiger partial charge in [-0.2, -0.15) is 0 Å². The van der Waals surface area contributed by atoms with Crippen molar-refractivity contribution in [1.29, 1.82) is 0 Å². The van der Waals surface area contributed by atoms with Crippen molar-refractivity contribution in [2.75, 3.05) is 20.1 Å². The highest BCUT2D eigenvalue weighted by molar-refractivity contribution is 6.30. The quantitative estimate of drug-likeness (QED) is 0.860. The Morgan fingerprint density at radius 3 is 2.71 bits per heavy atom. The van der Waals surface area contributed by atoms with Crippen LogP contribution in [0, 0.1) is 0 Å². The molecule has 1 unspecified atom stereocenters. The van der Waals surface area contributed by atoms with Crippen LogP contribution in [-0.2, 0) is 10.2 Å². The van der Waals surface area contributed by atoms with Crippen LogP contribution in [0.25, 0.3) is 0 Å². The monoisotopic (exact) mass is 252 g/mol. The summed E-state index contributed by atoms with van der Waals surface area (Å²) in [6, 6.07) is 7.83. The summed E-state index contributed by atoms with van der Waals surface area (Å²) in [5, 5.41) is 6.81. The standard InChI is InChI=1S/C13H17ClN2O/c1-15-9-13(6-7-16-12(17)8-13)10-2-4-11(14)5-3-10/h2-5,15H,6-9H2,1H3,(H,16,17). The van der Waals surface area contributed by atoms with Crippen molar-refractivity contribution >= 4 is 17.5 Å². The fraction of sp³-hybridized carbons (Fsp3) is 0.462. The summed E-state index contributed by atoms with van der Waals surface area (Å²) < 4.78 is 0. The lowest BCUT2D eigenvalue weighted by atomic mass is 9.73. The largest absolute Gasteiger partial charge is 0.356 e. The highest BCUT2D eigenvalue weighted by Gasteiger charge is 2.36. The Morgan fingerprint density at radius 1 is 1.41 bits per heavy atom. The van der Waals surface area contributed by atoms with Gasteiger partial charge in [-0.15, -0.1) is 0 Å². The summed E-state index contributed by atoms with van der Waals surface area (Å²) in [4.78, 5) is 11.6. The van der Waals surface area contributed by atoms with Crippen molar-refractivity contribution < 1.29 is 4.79 Å². The Kier molecular flexibility index (Phi) is 3.69. The summed E-state index contributed by atoms with van der Waals surface area (Å²) in [7, 11) is 1.92. The second-order valence-electron chi connectivity index (χ2n) is 4.59. The number of rotatable bonds is 3. The first-order valence-electron chi connectivity index (χ1n) is 5.84. The van der Waals surface area contributed by atoms with Gasteiger partial charge in [0.05, 0.1) is 0 Å². The van der Waals surface area contributed by atoms with Gasteiger partial charge in [0, 0.05) is 29.9 Å². The molecule has 0 saturated carbocycles. The molecule has 1 aliphatic heterocycles. The molecular formula is C13H17ClN2O. The first kappa shape index (κ1) is 12.4. The molecule has 92 valence electrons. The van der Waals surface area contributed by atoms with Crippen LogP contribution in [0.1, 0.15) is 18.4 Å². The number of hydrogen-bond donors (Lipinski definition) is 2. The Morgan fingerprint density at radius 2 is 2.12 bits per heavy atom. The molecule has 1 fully saturated rings. The average molecular weight is 253 g/mol. The van der Waals surface area contributed by atoms with Crippen LogP contribution >= 0.6 is 11.6 Å². The van der Waals surface area contributed by atoms with Gasteiger partial charge in [-0.1, -0.05) is 23.7 Å². The van der Waals surface area contributed by atoms with E-state index in [9.17, 15) is 4.79 Å². The number of carbonyl (C=O) groups excluding carboxylic acids is 1. The third-order valence-corrected chi connectivity index (χ3v) is 3.65. The molecule has 1 amide bonds. The molecule has 4 heteroatoms. The number of carbonyl (C=O) groups is 1. The predicted octanol–water partition coefficient (Wildman–Crippen LogP) is 1.71. The maximum atomic E-state index is 11.6. The minimum absolute atomic E-state index is 0.0956. The fourth-order valence-electron chi connectivity index (χ4n) is 2.54. The van der Waals surface area contributed by atoms with E-state index < -0.39 is 0 Å². The summed E-state index contributed by atoms with van der Waals surface area (Å²) in [5.41, 5.74) is 1.09. The number of halogens is 1. The van der Waals surface area contributed by atoms with Gasteiger partial charge in [0.2, 0.25) is 5.91 Å². The minimum atomic E-state index is -0.0956. The Hall–Kier alpha value is -1.06. The van der Waals surface area contributed by atoms with Gasteiger partial charge in [-0.05, 0) is 31.2 Å². The van der Waals surface area contributed by atoms with Crippen molar-refractivity contribution in [3.63, 3.8) is 0 Å². The molecule has 1 saturated heterocycles. The number of hydrogen-bond acceptors (Lipinski definition) is 2. The summed E-state index contributed by atoms with van der Waals surface area (Å²) in [6.45, 7) is 1.55. The molecule has 1 atom stereocenters. The maximum Gasteiger partial charge on any atom is 0.220 e. The van der Waals surface area contributed by atoms with E-state index in [1.165, 1.54) is 5.56 Å². The molecule has 1 aliphatic rings. The smallest absolute Gasteiger partial charge is 0.220 e.